The molecule has 0 aromatic heterocycles. The number of carbonyl (C=O) groups is 1. The summed E-state index contributed by atoms with van der Waals surface area (Å²) in [7, 11) is 0. The number of hydrogen-bond acceptors (Lipinski definition) is 3. The smallest absolute Gasteiger partial charge is 0.262 e. The quantitative estimate of drug-likeness (QED) is 0.859. The van der Waals surface area contributed by atoms with Crippen LogP contribution in [0.15, 0.2) is 18.2 Å². The predicted molar refractivity (Wildman–Crippen MR) is 69.1 cm³/mol. The maximum atomic E-state index is 11.8. The van der Waals surface area contributed by atoms with Gasteiger partial charge in [-0.15, -0.1) is 0 Å². The van der Waals surface area contributed by atoms with Crippen molar-refractivity contribution in [3.63, 3.8) is 0 Å². The van der Waals surface area contributed by atoms with Crippen molar-refractivity contribution in [3.05, 3.63) is 28.2 Å². The Morgan fingerprint density at radius 3 is 2.94 bits per heavy atom. The zero-order valence-electron chi connectivity index (χ0n) is 9.70. The first-order valence-corrected chi connectivity index (χ1v) is 6.36. The van der Waals surface area contributed by atoms with Crippen molar-refractivity contribution >= 4 is 29.1 Å². The zero-order valence-corrected chi connectivity index (χ0v) is 11.2. The Balaban J connectivity index is 1.88. The third kappa shape index (κ3) is 3.51. The Labute approximate surface area is 115 Å². The van der Waals surface area contributed by atoms with E-state index in [9.17, 15) is 4.79 Å². The molecule has 0 atom stereocenters. The van der Waals surface area contributed by atoms with Crippen molar-refractivity contribution in [1.29, 1.82) is 0 Å². The van der Waals surface area contributed by atoms with E-state index in [0.29, 0.717) is 35.7 Å². The first-order valence-electron chi connectivity index (χ1n) is 5.60. The highest BCUT2D eigenvalue weighted by molar-refractivity contribution is 6.35. The Hall–Kier alpha value is -0.970. The minimum absolute atomic E-state index is 0.0509. The molecular formula is C12H13Cl2NO3. The van der Waals surface area contributed by atoms with E-state index in [1.807, 2.05) is 0 Å². The van der Waals surface area contributed by atoms with Gasteiger partial charge >= 0.3 is 0 Å². The molecule has 2 rings (SSSR count). The van der Waals surface area contributed by atoms with Crippen LogP contribution in [0.1, 0.15) is 6.42 Å². The lowest BCUT2D eigenvalue weighted by Crippen LogP contribution is -2.40. The molecule has 0 radical (unpaired) electrons. The van der Waals surface area contributed by atoms with Crippen molar-refractivity contribution < 1.29 is 14.3 Å². The molecule has 4 nitrogen and oxygen atoms in total. The number of nitrogens with zero attached hydrogens (tertiary/aromatic N) is 1. The summed E-state index contributed by atoms with van der Waals surface area (Å²) >= 11 is 11.7. The zero-order chi connectivity index (χ0) is 13.0. The second-order valence-corrected chi connectivity index (χ2v) is 4.76. The predicted octanol–water partition coefficient (Wildman–Crippen LogP) is 2.58. The molecule has 98 valence electrons. The van der Waals surface area contributed by atoms with Crippen LogP contribution in [0, 0.1) is 0 Å². The highest BCUT2D eigenvalue weighted by atomic mass is 35.5. The minimum atomic E-state index is -0.110. The summed E-state index contributed by atoms with van der Waals surface area (Å²) in [6.45, 7) is 1.69. The van der Waals surface area contributed by atoms with Gasteiger partial charge in [-0.25, -0.2) is 0 Å². The van der Waals surface area contributed by atoms with E-state index >= 15 is 0 Å². The monoisotopic (exact) mass is 289 g/mol. The lowest BCUT2D eigenvalue weighted by Gasteiger charge is -2.26. The molecule has 0 bridgehead atoms. The van der Waals surface area contributed by atoms with Gasteiger partial charge in [-0.2, -0.15) is 0 Å². The van der Waals surface area contributed by atoms with E-state index < -0.39 is 0 Å². The second-order valence-electron chi connectivity index (χ2n) is 3.91. The van der Waals surface area contributed by atoms with Gasteiger partial charge < -0.3 is 14.4 Å². The van der Waals surface area contributed by atoms with Crippen LogP contribution in [-0.4, -0.2) is 37.3 Å². The molecule has 1 fully saturated rings. The third-order valence-electron chi connectivity index (χ3n) is 2.56. The molecule has 1 aromatic carbocycles. The lowest BCUT2D eigenvalue weighted by molar-refractivity contribution is -0.142. The summed E-state index contributed by atoms with van der Waals surface area (Å²) in [5.74, 6) is 0.341. The molecule has 0 saturated carbocycles. The van der Waals surface area contributed by atoms with Crippen LogP contribution in [0.5, 0.6) is 5.75 Å². The summed E-state index contributed by atoms with van der Waals surface area (Å²) in [5.41, 5.74) is 0. The fraction of sp³-hybridized carbons (Fsp3) is 0.417. The number of amides is 1. The Morgan fingerprint density at radius 1 is 1.44 bits per heavy atom. The maximum absolute atomic E-state index is 11.8. The van der Waals surface area contributed by atoms with Crippen molar-refractivity contribution in [2.24, 2.45) is 0 Å². The fourth-order valence-electron chi connectivity index (χ4n) is 1.62. The average molecular weight is 290 g/mol. The molecule has 1 heterocycles. The van der Waals surface area contributed by atoms with Gasteiger partial charge in [-0.1, -0.05) is 23.2 Å². The van der Waals surface area contributed by atoms with E-state index in [1.165, 1.54) is 0 Å². The fourth-order valence-corrected chi connectivity index (χ4v) is 2.08. The van der Waals surface area contributed by atoms with E-state index in [0.717, 1.165) is 6.42 Å². The van der Waals surface area contributed by atoms with Gasteiger partial charge in [0.2, 0.25) is 0 Å². The third-order valence-corrected chi connectivity index (χ3v) is 3.09. The van der Waals surface area contributed by atoms with Gasteiger partial charge in [-0.3, -0.25) is 4.79 Å². The van der Waals surface area contributed by atoms with Gasteiger partial charge in [0.1, 0.15) is 12.5 Å². The largest absolute Gasteiger partial charge is 0.482 e. The number of benzene rings is 1. The Kier molecular flexibility index (Phi) is 4.69. The first-order chi connectivity index (χ1) is 8.66. The number of carbonyl (C=O) groups excluding carboxylic acids is 1. The Morgan fingerprint density at radius 2 is 2.28 bits per heavy atom. The first kappa shape index (κ1) is 13.5. The van der Waals surface area contributed by atoms with Crippen molar-refractivity contribution in [2.45, 2.75) is 6.42 Å². The van der Waals surface area contributed by atoms with Gasteiger partial charge in [0.25, 0.3) is 5.91 Å². The number of rotatable bonds is 3. The van der Waals surface area contributed by atoms with Crippen LogP contribution < -0.4 is 4.74 Å². The van der Waals surface area contributed by atoms with E-state index in [4.69, 9.17) is 32.7 Å². The van der Waals surface area contributed by atoms with Gasteiger partial charge in [0.15, 0.2) is 6.61 Å². The summed E-state index contributed by atoms with van der Waals surface area (Å²) in [4.78, 5) is 13.4. The number of halogens is 2. The van der Waals surface area contributed by atoms with E-state index in [1.54, 1.807) is 23.1 Å². The molecule has 0 aliphatic carbocycles. The highest BCUT2D eigenvalue weighted by Crippen LogP contribution is 2.27. The summed E-state index contributed by atoms with van der Waals surface area (Å²) in [5, 5.41) is 0.924. The molecule has 18 heavy (non-hydrogen) atoms. The van der Waals surface area contributed by atoms with E-state index in [-0.39, 0.29) is 12.5 Å². The highest BCUT2D eigenvalue weighted by Gasteiger charge is 2.17. The standard InChI is InChI=1S/C12H13Cl2NO3/c13-9-2-3-11(10(14)6-9)18-7-12(16)15-4-1-5-17-8-15/h2-3,6H,1,4-5,7-8H2. The lowest BCUT2D eigenvalue weighted by atomic mass is 10.3. The van der Waals surface area contributed by atoms with Gasteiger partial charge in [0.05, 0.1) is 11.6 Å². The SMILES string of the molecule is O=C(COc1ccc(Cl)cc1Cl)N1CCCOC1. The van der Waals surface area contributed by atoms with Crippen molar-refractivity contribution in [3.8, 4) is 5.75 Å². The van der Waals surface area contributed by atoms with Gasteiger partial charge in [-0.05, 0) is 24.6 Å². The molecule has 6 heteroatoms. The molecule has 0 N–H and O–H groups in total. The molecule has 0 spiro atoms. The van der Waals surface area contributed by atoms with Crippen LogP contribution in [0.4, 0.5) is 0 Å². The molecule has 1 aliphatic heterocycles. The molecule has 0 unspecified atom stereocenters. The Bertz CT molecular complexity index is 433. The molecule has 1 aliphatic rings. The molecule has 1 saturated heterocycles. The normalized spacial score (nSPS) is 15.6. The maximum Gasteiger partial charge on any atom is 0.262 e. The van der Waals surface area contributed by atoms with Crippen molar-refractivity contribution in [2.75, 3.05) is 26.5 Å². The average Bonchev–Trinajstić information content (AvgIpc) is 2.38. The molecule has 1 aromatic rings. The second kappa shape index (κ2) is 6.27. The van der Waals surface area contributed by atoms with Gasteiger partial charge in [0, 0.05) is 11.6 Å². The number of ether oxygens (including phenoxy) is 2. The molecular weight excluding hydrogens is 277 g/mol. The summed E-state index contributed by atoms with van der Waals surface area (Å²) < 4.78 is 10.6. The van der Waals surface area contributed by atoms with Crippen LogP contribution in [0.3, 0.4) is 0 Å². The minimum Gasteiger partial charge on any atom is -0.482 e. The van der Waals surface area contributed by atoms with Crippen LogP contribution in [0.25, 0.3) is 0 Å². The van der Waals surface area contributed by atoms with Crippen LogP contribution in [0.2, 0.25) is 10.0 Å². The molecule has 1 amide bonds. The summed E-state index contributed by atoms with van der Waals surface area (Å²) in [6.07, 6.45) is 0.855. The van der Waals surface area contributed by atoms with Crippen LogP contribution in [-0.2, 0) is 9.53 Å². The summed E-state index contributed by atoms with van der Waals surface area (Å²) in [6, 6.07) is 4.88. The van der Waals surface area contributed by atoms with Crippen molar-refractivity contribution in [1.82, 2.24) is 4.90 Å². The topological polar surface area (TPSA) is 38.8 Å². The van der Waals surface area contributed by atoms with E-state index in [2.05, 4.69) is 0 Å². The van der Waals surface area contributed by atoms with Crippen LogP contribution >= 0.6 is 23.2 Å². The number of hydrogen-bond donors (Lipinski definition) is 0.